The van der Waals surface area contributed by atoms with Crippen molar-refractivity contribution in [3.63, 3.8) is 0 Å². The Hall–Kier alpha value is -1.00. The Kier molecular flexibility index (Phi) is 5.92. The van der Waals surface area contributed by atoms with Gasteiger partial charge in [-0.05, 0) is 18.4 Å². The number of amides is 1. The summed E-state index contributed by atoms with van der Waals surface area (Å²) in [5.74, 6) is 1.46. The van der Waals surface area contributed by atoms with Gasteiger partial charge >= 0.3 is 0 Å². The molecule has 0 spiro atoms. The van der Waals surface area contributed by atoms with E-state index in [1.807, 2.05) is 25.2 Å². The predicted octanol–water partition coefficient (Wildman–Crippen LogP) is 2.68. The van der Waals surface area contributed by atoms with E-state index in [1.165, 1.54) is 5.56 Å². The summed E-state index contributed by atoms with van der Waals surface area (Å²) in [4.78, 5) is 13.9. The first kappa shape index (κ1) is 15.4. The van der Waals surface area contributed by atoms with Crippen molar-refractivity contribution in [1.29, 1.82) is 0 Å². The molecule has 1 amide bonds. The molecule has 0 aliphatic heterocycles. The smallest absolute Gasteiger partial charge is 0.232 e. The average Bonchev–Trinajstić information content (AvgIpc) is 2.48. The second-order valence-corrected chi connectivity index (χ2v) is 6.39. The van der Waals surface area contributed by atoms with E-state index in [0.717, 1.165) is 31.4 Å². The number of carbonyl (C=O) groups is 1. The van der Waals surface area contributed by atoms with Gasteiger partial charge in [0.15, 0.2) is 0 Å². The minimum absolute atomic E-state index is 0.00794. The monoisotopic (exact) mass is 293 g/mol. The Morgan fingerprint density at radius 1 is 1.30 bits per heavy atom. The Bertz CT molecular complexity index is 424. The predicted molar refractivity (Wildman–Crippen MR) is 83.6 cm³/mol. The number of hydrogen-bond donors (Lipinski definition) is 1. The molecule has 4 heteroatoms. The van der Waals surface area contributed by atoms with Crippen molar-refractivity contribution in [2.75, 3.05) is 12.8 Å². The molecule has 2 rings (SSSR count). The third-order valence-electron chi connectivity index (χ3n) is 3.92. The number of thioether (sulfide) groups is 1. The van der Waals surface area contributed by atoms with Gasteiger partial charge in [0.2, 0.25) is 5.91 Å². The summed E-state index contributed by atoms with van der Waals surface area (Å²) in [6.07, 6.45) is 3.57. The van der Waals surface area contributed by atoms with Crippen LogP contribution in [-0.4, -0.2) is 40.9 Å². The molecular formula is C16H23NO2S. The van der Waals surface area contributed by atoms with Crippen molar-refractivity contribution >= 4 is 17.7 Å². The SMILES string of the molecule is CN(C(=O)CSCc1ccccc1)C1CCCCC1O. The van der Waals surface area contributed by atoms with Crippen LogP contribution in [0.1, 0.15) is 31.2 Å². The number of likely N-dealkylation sites (N-methyl/N-ethyl adjacent to an activating group) is 1. The fourth-order valence-electron chi connectivity index (χ4n) is 2.66. The summed E-state index contributed by atoms with van der Waals surface area (Å²) < 4.78 is 0. The lowest BCUT2D eigenvalue weighted by Gasteiger charge is -2.35. The van der Waals surface area contributed by atoms with Gasteiger partial charge in [0.05, 0.1) is 17.9 Å². The van der Waals surface area contributed by atoms with E-state index < -0.39 is 0 Å². The molecule has 1 aromatic rings. The van der Waals surface area contributed by atoms with E-state index in [9.17, 15) is 9.90 Å². The van der Waals surface area contributed by atoms with E-state index in [1.54, 1.807) is 16.7 Å². The molecule has 1 aliphatic rings. The topological polar surface area (TPSA) is 40.5 Å². The van der Waals surface area contributed by atoms with Crippen LogP contribution >= 0.6 is 11.8 Å². The van der Waals surface area contributed by atoms with Crippen LogP contribution in [0.25, 0.3) is 0 Å². The van der Waals surface area contributed by atoms with E-state index in [2.05, 4.69) is 12.1 Å². The maximum absolute atomic E-state index is 12.2. The quantitative estimate of drug-likeness (QED) is 0.907. The molecule has 1 aromatic carbocycles. The summed E-state index contributed by atoms with van der Waals surface area (Å²) in [7, 11) is 1.82. The highest BCUT2D eigenvalue weighted by molar-refractivity contribution is 7.99. The maximum atomic E-state index is 12.2. The number of benzene rings is 1. The third-order valence-corrected chi connectivity index (χ3v) is 4.91. The van der Waals surface area contributed by atoms with Gasteiger partial charge in [-0.25, -0.2) is 0 Å². The van der Waals surface area contributed by atoms with Gasteiger partial charge in [0.25, 0.3) is 0 Å². The molecule has 2 unspecified atom stereocenters. The van der Waals surface area contributed by atoms with E-state index in [0.29, 0.717) is 5.75 Å². The number of aliphatic hydroxyl groups excluding tert-OH is 1. The number of nitrogens with zero attached hydrogens (tertiary/aromatic N) is 1. The lowest BCUT2D eigenvalue weighted by Crippen LogP contribution is -2.46. The fraction of sp³-hybridized carbons (Fsp3) is 0.562. The molecule has 1 N–H and O–H groups in total. The number of hydrogen-bond acceptors (Lipinski definition) is 3. The highest BCUT2D eigenvalue weighted by Gasteiger charge is 2.28. The Morgan fingerprint density at radius 2 is 2.00 bits per heavy atom. The normalized spacial score (nSPS) is 22.5. The van der Waals surface area contributed by atoms with Gasteiger partial charge in [-0.2, -0.15) is 0 Å². The Balaban J connectivity index is 1.76. The van der Waals surface area contributed by atoms with E-state index in [-0.39, 0.29) is 18.1 Å². The first-order chi connectivity index (χ1) is 9.68. The zero-order valence-corrected chi connectivity index (χ0v) is 12.8. The van der Waals surface area contributed by atoms with Crippen LogP contribution in [0.2, 0.25) is 0 Å². The van der Waals surface area contributed by atoms with Crippen LogP contribution < -0.4 is 0 Å². The van der Waals surface area contributed by atoms with Crippen LogP contribution in [0, 0.1) is 0 Å². The second-order valence-electron chi connectivity index (χ2n) is 5.40. The molecule has 0 aromatic heterocycles. The summed E-state index contributed by atoms with van der Waals surface area (Å²) in [6.45, 7) is 0. The summed E-state index contributed by atoms with van der Waals surface area (Å²) >= 11 is 1.64. The molecule has 2 atom stereocenters. The Labute approximate surface area is 125 Å². The first-order valence-corrected chi connectivity index (χ1v) is 8.39. The van der Waals surface area contributed by atoms with Gasteiger partial charge in [0.1, 0.15) is 0 Å². The molecule has 1 fully saturated rings. The standard InChI is InChI=1S/C16H23NO2S/c1-17(14-9-5-6-10-15(14)18)16(19)12-20-11-13-7-3-2-4-8-13/h2-4,7-8,14-15,18H,5-6,9-12H2,1H3. The molecule has 0 radical (unpaired) electrons. The number of carbonyl (C=O) groups excluding carboxylic acids is 1. The number of rotatable bonds is 5. The first-order valence-electron chi connectivity index (χ1n) is 7.24. The lowest BCUT2D eigenvalue weighted by molar-refractivity contribution is -0.132. The minimum Gasteiger partial charge on any atom is -0.391 e. The summed E-state index contributed by atoms with van der Waals surface area (Å²) in [5, 5.41) is 9.99. The van der Waals surface area contributed by atoms with Crippen LogP contribution in [0.4, 0.5) is 0 Å². The van der Waals surface area contributed by atoms with Gasteiger partial charge < -0.3 is 10.0 Å². The zero-order valence-electron chi connectivity index (χ0n) is 12.0. The van der Waals surface area contributed by atoms with E-state index >= 15 is 0 Å². The van der Waals surface area contributed by atoms with Crippen LogP contribution in [0.3, 0.4) is 0 Å². The second kappa shape index (κ2) is 7.70. The lowest BCUT2D eigenvalue weighted by atomic mass is 9.91. The molecule has 0 heterocycles. The maximum Gasteiger partial charge on any atom is 0.232 e. The van der Waals surface area contributed by atoms with Crippen molar-refractivity contribution in [2.45, 2.75) is 43.6 Å². The van der Waals surface area contributed by atoms with Crippen molar-refractivity contribution in [3.8, 4) is 0 Å². The molecule has 1 aliphatic carbocycles. The van der Waals surface area contributed by atoms with Crippen molar-refractivity contribution in [2.24, 2.45) is 0 Å². The molecule has 110 valence electrons. The van der Waals surface area contributed by atoms with Gasteiger partial charge in [0, 0.05) is 12.8 Å². The van der Waals surface area contributed by atoms with Crippen LogP contribution in [-0.2, 0) is 10.5 Å². The molecule has 0 bridgehead atoms. The van der Waals surface area contributed by atoms with Gasteiger partial charge in [-0.1, -0.05) is 43.2 Å². The molecular weight excluding hydrogens is 270 g/mol. The highest BCUT2D eigenvalue weighted by atomic mass is 32.2. The molecule has 20 heavy (non-hydrogen) atoms. The average molecular weight is 293 g/mol. The van der Waals surface area contributed by atoms with Crippen molar-refractivity contribution < 1.29 is 9.90 Å². The third kappa shape index (κ3) is 4.25. The molecule has 0 saturated heterocycles. The van der Waals surface area contributed by atoms with Crippen LogP contribution in [0.15, 0.2) is 30.3 Å². The fourth-order valence-corrected chi connectivity index (χ4v) is 3.57. The summed E-state index contributed by atoms with van der Waals surface area (Å²) in [5.41, 5.74) is 1.24. The number of aliphatic hydroxyl groups is 1. The van der Waals surface area contributed by atoms with E-state index in [4.69, 9.17) is 0 Å². The molecule has 1 saturated carbocycles. The largest absolute Gasteiger partial charge is 0.391 e. The van der Waals surface area contributed by atoms with Crippen molar-refractivity contribution in [3.05, 3.63) is 35.9 Å². The van der Waals surface area contributed by atoms with Gasteiger partial charge in [-0.15, -0.1) is 11.8 Å². The van der Waals surface area contributed by atoms with Crippen LogP contribution in [0.5, 0.6) is 0 Å². The Morgan fingerprint density at radius 3 is 2.70 bits per heavy atom. The highest BCUT2D eigenvalue weighted by Crippen LogP contribution is 2.23. The summed E-state index contributed by atoms with van der Waals surface area (Å²) in [6, 6.07) is 10.2. The zero-order chi connectivity index (χ0) is 14.4. The minimum atomic E-state index is -0.350. The van der Waals surface area contributed by atoms with Crippen molar-refractivity contribution in [1.82, 2.24) is 4.90 Å². The molecule has 3 nitrogen and oxygen atoms in total. The van der Waals surface area contributed by atoms with Gasteiger partial charge in [-0.3, -0.25) is 4.79 Å².